The summed E-state index contributed by atoms with van der Waals surface area (Å²) in [5.41, 5.74) is 10.3. The molecule has 2 aromatic rings. The number of amides is 1. The van der Waals surface area contributed by atoms with Crippen molar-refractivity contribution >= 4 is 35.5 Å². The smallest absolute Gasteiger partial charge is 0.243 e. The molecule has 0 radical (unpaired) electrons. The molecule has 0 atom stereocenters. The fourth-order valence-corrected chi connectivity index (χ4v) is 3.59. The first-order valence-corrected chi connectivity index (χ1v) is 9.63. The molecule has 1 fully saturated rings. The zero-order valence-electron chi connectivity index (χ0n) is 15.8. The maximum atomic E-state index is 10.7. The molecule has 4 nitrogen and oxygen atoms in total. The highest BCUT2D eigenvalue weighted by atomic mass is 35.5. The number of piperidine rings is 1. The zero-order valence-corrected chi connectivity index (χ0v) is 17.3. The van der Waals surface area contributed by atoms with E-state index in [0.29, 0.717) is 6.61 Å². The summed E-state index contributed by atoms with van der Waals surface area (Å²) in [4.78, 5) is 13.1. The molecule has 0 aromatic heterocycles. The lowest BCUT2D eigenvalue weighted by Crippen LogP contribution is -2.34. The van der Waals surface area contributed by atoms with Crippen molar-refractivity contribution in [3.8, 4) is 0 Å². The predicted molar refractivity (Wildman–Crippen MR) is 117 cm³/mol. The van der Waals surface area contributed by atoms with Crippen LogP contribution in [0.25, 0.3) is 5.57 Å². The van der Waals surface area contributed by atoms with Crippen LogP contribution in [-0.2, 0) is 9.53 Å². The summed E-state index contributed by atoms with van der Waals surface area (Å²) in [5, 5.41) is 0.752. The van der Waals surface area contributed by atoms with Crippen LogP contribution in [0.15, 0.2) is 60.2 Å². The fraction of sp³-hybridized carbons (Fsp3) is 0.318. The Kier molecular flexibility index (Phi) is 9.00. The molecular weight excluding hydrogens is 395 g/mol. The minimum Gasteiger partial charge on any atom is -0.370 e. The van der Waals surface area contributed by atoms with Gasteiger partial charge in [-0.05, 0) is 41.7 Å². The maximum absolute atomic E-state index is 10.7. The van der Waals surface area contributed by atoms with Crippen molar-refractivity contribution in [1.29, 1.82) is 0 Å². The van der Waals surface area contributed by atoms with E-state index in [1.807, 2.05) is 18.2 Å². The lowest BCUT2D eigenvalue weighted by Gasteiger charge is -2.30. The van der Waals surface area contributed by atoms with Gasteiger partial charge in [0.15, 0.2) is 0 Å². The summed E-state index contributed by atoms with van der Waals surface area (Å²) in [7, 11) is 0. The summed E-state index contributed by atoms with van der Waals surface area (Å²) >= 11 is 6.08. The van der Waals surface area contributed by atoms with Gasteiger partial charge in [-0.25, -0.2) is 0 Å². The van der Waals surface area contributed by atoms with Crippen molar-refractivity contribution in [3.63, 3.8) is 0 Å². The Labute approximate surface area is 177 Å². The van der Waals surface area contributed by atoms with Gasteiger partial charge in [0.1, 0.15) is 6.61 Å². The van der Waals surface area contributed by atoms with E-state index in [4.69, 9.17) is 22.1 Å². The molecule has 0 bridgehead atoms. The van der Waals surface area contributed by atoms with Gasteiger partial charge < -0.3 is 15.4 Å². The summed E-state index contributed by atoms with van der Waals surface area (Å²) in [6.07, 6.45) is 2.03. The number of hydrogen-bond acceptors (Lipinski definition) is 3. The van der Waals surface area contributed by atoms with Gasteiger partial charge in [0.05, 0.1) is 6.61 Å². The summed E-state index contributed by atoms with van der Waals surface area (Å²) in [6, 6.07) is 18.6. The van der Waals surface area contributed by atoms with Crippen molar-refractivity contribution in [3.05, 3.63) is 76.3 Å². The van der Waals surface area contributed by atoms with Crippen LogP contribution < -0.4 is 5.73 Å². The van der Waals surface area contributed by atoms with Crippen LogP contribution in [0.5, 0.6) is 0 Å². The summed E-state index contributed by atoms with van der Waals surface area (Å²) < 4.78 is 5.28. The maximum Gasteiger partial charge on any atom is 0.243 e. The van der Waals surface area contributed by atoms with Gasteiger partial charge in [-0.2, -0.15) is 0 Å². The lowest BCUT2D eigenvalue weighted by atomic mass is 9.88. The highest BCUT2D eigenvalue weighted by Gasteiger charge is 2.19. The van der Waals surface area contributed by atoms with Gasteiger partial charge in [0, 0.05) is 24.7 Å². The van der Waals surface area contributed by atoms with E-state index in [1.165, 1.54) is 22.3 Å². The van der Waals surface area contributed by atoms with E-state index in [0.717, 1.165) is 37.5 Å². The lowest BCUT2D eigenvalue weighted by molar-refractivity contribution is -0.122. The van der Waals surface area contributed by atoms with Gasteiger partial charge in [0.2, 0.25) is 5.91 Å². The Morgan fingerprint density at radius 3 is 2.21 bits per heavy atom. The van der Waals surface area contributed by atoms with Crippen LogP contribution in [0.3, 0.4) is 0 Å². The average molecular weight is 421 g/mol. The van der Waals surface area contributed by atoms with Crippen LogP contribution in [-0.4, -0.2) is 43.7 Å². The number of benzene rings is 2. The predicted octanol–water partition coefficient (Wildman–Crippen LogP) is 4.16. The molecule has 2 N–H and O–H groups in total. The number of likely N-dealkylation sites (tertiary alicyclic amines) is 1. The zero-order chi connectivity index (χ0) is 19.1. The summed E-state index contributed by atoms with van der Waals surface area (Å²) in [6.45, 7) is 3.32. The monoisotopic (exact) mass is 420 g/mol. The fourth-order valence-electron chi connectivity index (χ4n) is 3.46. The topological polar surface area (TPSA) is 55.6 Å². The first kappa shape index (κ1) is 22.4. The number of carbonyl (C=O) groups is 1. The highest BCUT2D eigenvalue weighted by Crippen LogP contribution is 2.32. The number of nitrogens with zero attached hydrogens (tertiary/aromatic N) is 1. The molecular formula is C22H26Cl2N2O2. The first-order chi connectivity index (χ1) is 13.1. The molecule has 0 aliphatic carbocycles. The Bertz CT molecular complexity index is 782. The van der Waals surface area contributed by atoms with Crippen molar-refractivity contribution < 1.29 is 9.53 Å². The van der Waals surface area contributed by atoms with E-state index in [2.05, 4.69) is 41.3 Å². The van der Waals surface area contributed by atoms with E-state index < -0.39 is 5.91 Å². The van der Waals surface area contributed by atoms with Crippen molar-refractivity contribution in [1.82, 2.24) is 4.90 Å². The molecule has 150 valence electrons. The second kappa shape index (κ2) is 11.2. The normalized spacial score (nSPS) is 14.4. The van der Waals surface area contributed by atoms with E-state index in [1.54, 1.807) is 0 Å². The number of halogens is 2. The van der Waals surface area contributed by atoms with Gasteiger partial charge in [-0.15, -0.1) is 12.4 Å². The molecule has 1 aliphatic rings. The number of ether oxygens (including phenoxy) is 1. The largest absolute Gasteiger partial charge is 0.370 e. The van der Waals surface area contributed by atoms with E-state index >= 15 is 0 Å². The van der Waals surface area contributed by atoms with E-state index in [-0.39, 0.29) is 19.0 Å². The molecule has 1 heterocycles. The van der Waals surface area contributed by atoms with Gasteiger partial charge in [-0.1, -0.05) is 59.6 Å². The molecule has 0 unspecified atom stereocenters. The number of rotatable bonds is 7. The molecule has 3 rings (SSSR count). The van der Waals surface area contributed by atoms with Gasteiger partial charge in [-0.3, -0.25) is 4.79 Å². The molecule has 28 heavy (non-hydrogen) atoms. The standard InChI is InChI=1S/C22H25ClN2O2.ClH/c23-20-8-6-18(7-9-20)22(17-4-2-1-3-5-17)19-10-12-25(13-11-19)14-15-27-16-21(24)26;/h1-9H,10-16H2,(H2,24,26);1H. The summed E-state index contributed by atoms with van der Waals surface area (Å²) in [5.74, 6) is -0.422. The number of hydrogen-bond donors (Lipinski definition) is 1. The van der Waals surface area contributed by atoms with Crippen molar-refractivity contribution in [2.75, 3.05) is 32.8 Å². The second-order valence-corrected chi connectivity index (χ2v) is 7.15. The molecule has 1 saturated heterocycles. The Hall–Kier alpha value is -1.85. The quantitative estimate of drug-likeness (QED) is 0.683. The number of carbonyl (C=O) groups excluding carboxylic acids is 1. The Morgan fingerprint density at radius 2 is 1.61 bits per heavy atom. The van der Waals surface area contributed by atoms with Crippen LogP contribution >= 0.6 is 24.0 Å². The highest BCUT2D eigenvalue weighted by molar-refractivity contribution is 6.30. The third-order valence-corrected chi connectivity index (χ3v) is 5.06. The molecule has 0 spiro atoms. The molecule has 2 aromatic carbocycles. The molecule has 1 amide bonds. The average Bonchev–Trinajstić information content (AvgIpc) is 2.69. The SMILES string of the molecule is Cl.NC(=O)COCCN1CCC(=C(c2ccccc2)c2ccc(Cl)cc2)CC1. The van der Waals surface area contributed by atoms with Crippen LogP contribution in [0, 0.1) is 0 Å². The Balaban J connectivity index is 0.00000280. The molecule has 6 heteroatoms. The van der Waals surface area contributed by atoms with Crippen LogP contribution in [0.4, 0.5) is 0 Å². The van der Waals surface area contributed by atoms with Crippen LogP contribution in [0.2, 0.25) is 5.02 Å². The van der Waals surface area contributed by atoms with Gasteiger partial charge >= 0.3 is 0 Å². The Morgan fingerprint density at radius 1 is 1.00 bits per heavy atom. The second-order valence-electron chi connectivity index (χ2n) is 6.71. The van der Waals surface area contributed by atoms with Gasteiger partial charge in [0.25, 0.3) is 0 Å². The van der Waals surface area contributed by atoms with Crippen LogP contribution in [0.1, 0.15) is 24.0 Å². The van der Waals surface area contributed by atoms with E-state index in [9.17, 15) is 4.79 Å². The minimum absolute atomic E-state index is 0. The van der Waals surface area contributed by atoms with Crippen molar-refractivity contribution in [2.45, 2.75) is 12.8 Å². The number of nitrogens with two attached hydrogens (primary N) is 1. The third-order valence-electron chi connectivity index (χ3n) is 4.80. The number of primary amides is 1. The first-order valence-electron chi connectivity index (χ1n) is 9.25. The third kappa shape index (κ3) is 6.35. The molecule has 0 saturated carbocycles. The molecule has 1 aliphatic heterocycles. The minimum atomic E-state index is -0.422. The van der Waals surface area contributed by atoms with Crippen molar-refractivity contribution in [2.24, 2.45) is 5.73 Å².